The Balaban J connectivity index is 0.00000181. The second kappa shape index (κ2) is 11.4. The van der Waals surface area contributed by atoms with E-state index >= 15 is 0 Å². The van der Waals surface area contributed by atoms with Crippen molar-refractivity contribution in [2.75, 3.05) is 13.1 Å². The van der Waals surface area contributed by atoms with Crippen molar-refractivity contribution in [1.29, 1.82) is 10.8 Å². The van der Waals surface area contributed by atoms with E-state index in [0.717, 1.165) is 53.6 Å². The Morgan fingerprint density at radius 3 is 2.47 bits per heavy atom. The number of hydrogen-bond acceptors (Lipinski definition) is 5. The van der Waals surface area contributed by atoms with Crippen molar-refractivity contribution in [1.82, 2.24) is 14.9 Å². The maximum atomic E-state index is 7.72. The second-order valence-electron chi connectivity index (χ2n) is 7.51. The molecule has 1 aliphatic heterocycles. The number of nitrogens with zero attached hydrogens (tertiary/aromatic N) is 2. The fraction of sp³-hybridized carbons (Fsp3) is 0.318. The fourth-order valence-electron chi connectivity index (χ4n) is 3.54. The van der Waals surface area contributed by atoms with Gasteiger partial charge in [-0.3, -0.25) is 10.8 Å². The molecule has 32 heavy (non-hydrogen) atoms. The quantitative estimate of drug-likeness (QED) is 0.222. The predicted molar refractivity (Wildman–Crippen MR) is 136 cm³/mol. The molecule has 5 N–H and O–H groups in total. The van der Waals surface area contributed by atoms with Gasteiger partial charge in [-0.2, -0.15) is 0 Å². The van der Waals surface area contributed by atoms with Crippen molar-refractivity contribution in [2.45, 2.75) is 36.8 Å². The zero-order valence-electron chi connectivity index (χ0n) is 17.8. The van der Waals surface area contributed by atoms with Crippen LogP contribution in [0.5, 0.6) is 5.75 Å². The summed E-state index contributed by atoms with van der Waals surface area (Å²) >= 11 is 1.64. The smallest absolute Gasteiger partial charge is 0.166 e. The lowest BCUT2D eigenvalue weighted by Gasteiger charge is -2.32. The zero-order chi connectivity index (χ0) is 21.1. The number of likely N-dealkylation sites (tertiary alicyclic amines) is 1. The average molecular weight is 495 g/mol. The van der Waals surface area contributed by atoms with E-state index in [0.29, 0.717) is 11.4 Å². The molecule has 0 saturated carbocycles. The standard InChI is InChI=1S/C22H26N6OS.2ClH/c1-14(23)28-10-8-18(9-11-28)29-17-5-2-15(3-6-17)13-30-22-26-19-7-4-16(21(24)25)12-20(19)27-22;;/h2-7,12,18,23H,8-11,13H2,1H3,(H3,24,25)(H,26,27);2*1H. The first-order chi connectivity index (χ1) is 14.5. The number of piperidine rings is 1. The van der Waals surface area contributed by atoms with E-state index in [9.17, 15) is 0 Å². The van der Waals surface area contributed by atoms with Gasteiger partial charge in [0.2, 0.25) is 0 Å². The van der Waals surface area contributed by atoms with Crippen LogP contribution in [0.3, 0.4) is 0 Å². The minimum Gasteiger partial charge on any atom is -0.490 e. The summed E-state index contributed by atoms with van der Waals surface area (Å²) in [6.45, 7) is 3.62. The highest BCUT2D eigenvalue weighted by Gasteiger charge is 2.20. The van der Waals surface area contributed by atoms with Gasteiger partial charge in [0.1, 0.15) is 17.7 Å². The molecular weight excluding hydrogens is 467 g/mol. The lowest BCUT2D eigenvalue weighted by molar-refractivity contribution is 0.130. The van der Waals surface area contributed by atoms with E-state index in [1.807, 2.05) is 37.3 Å². The van der Waals surface area contributed by atoms with Gasteiger partial charge in [0.05, 0.1) is 16.9 Å². The highest BCUT2D eigenvalue weighted by Crippen LogP contribution is 2.25. The van der Waals surface area contributed by atoms with Crippen molar-refractivity contribution in [2.24, 2.45) is 5.73 Å². The highest BCUT2D eigenvalue weighted by molar-refractivity contribution is 7.98. The van der Waals surface area contributed by atoms with E-state index in [2.05, 4.69) is 27.0 Å². The van der Waals surface area contributed by atoms with Gasteiger partial charge in [0, 0.05) is 37.2 Å². The van der Waals surface area contributed by atoms with Crippen LogP contribution >= 0.6 is 36.6 Å². The summed E-state index contributed by atoms with van der Waals surface area (Å²) in [6.07, 6.45) is 2.12. The molecule has 4 rings (SSSR count). The van der Waals surface area contributed by atoms with E-state index < -0.39 is 0 Å². The molecule has 1 saturated heterocycles. The van der Waals surface area contributed by atoms with Crippen molar-refractivity contribution < 1.29 is 4.74 Å². The normalized spacial score (nSPS) is 13.8. The van der Waals surface area contributed by atoms with E-state index in [4.69, 9.17) is 21.3 Å². The van der Waals surface area contributed by atoms with Crippen molar-refractivity contribution in [3.05, 3.63) is 53.6 Å². The van der Waals surface area contributed by atoms with E-state index in [1.165, 1.54) is 5.56 Å². The molecule has 0 bridgehead atoms. The first kappa shape index (κ1) is 25.8. The third-order valence-electron chi connectivity index (χ3n) is 5.29. The molecule has 172 valence electrons. The summed E-state index contributed by atoms with van der Waals surface area (Å²) < 4.78 is 6.12. The number of imidazole rings is 1. The van der Waals surface area contributed by atoms with Crippen LogP contribution in [0.15, 0.2) is 47.6 Å². The highest BCUT2D eigenvalue weighted by atomic mass is 35.5. The maximum absolute atomic E-state index is 7.72. The summed E-state index contributed by atoms with van der Waals surface area (Å²) in [5, 5.41) is 16.1. The van der Waals surface area contributed by atoms with Crippen LogP contribution in [0.4, 0.5) is 0 Å². The zero-order valence-corrected chi connectivity index (χ0v) is 20.2. The monoisotopic (exact) mass is 494 g/mol. The summed E-state index contributed by atoms with van der Waals surface area (Å²) in [5.41, 5.74) is 9.21. The SMILES string of the molecule is CC(=N)N1CCC(Oc2ccc(CSc3nc4ccc(C(=N)N)cc4[nH]3)cc2)CC1.Cl.Cl. The van der Waals surface area contributed by atoms with Gasteiger partial charge in [-0.25, -0.2) is 4.98 Å². The number of hydrogen-bond donors (Lipinski definition) is 4. The predicted octanol–water partition coefficient (Wildman–Crippen LogP) is 4.82. The third-order valence-corrected chi connectivity index (χ3v) is 6.23. The molecule has 0 radical (unpaired) electrons. The van der Waals surface area contributed by atoms with E-state index in [-0.39, 0.29) is 36.8 Å². The van der Waals surface area contributed by atoms with Gasteiger partial charge >= 0.3 is 0 Å². The van der Waals surface area contributed by atoms with Gasteiger partial charge in [-0.15, -0.1) is 24.8 Å². The number of nitrogens with two attached hydrogens (primary N) is 1. The number of nitrogen functional groups attached to an aromatic ring is 1. The van der Waals surface area contributed by atoms with Crippen molar-refractivity contribution in [3.8, 4) is 5.75 Å². The van der Waals surface area contributed by atoms with Crippen LogP contribution in [0.2, 0.25) is 0 Å². The first-order valence-corrected chi connectivity index (χ1v) is 11.0. The molecule has 2 heterocycles. The number of H-pyrrole nitrogens is 1. The second-order valence-corrected chi connectivity index (χ2v) is 8.47. The number of halogens is 2. The molecule has 1 aromatic heterocycles. The van der Waals surface area contributed by atoms with Crippen LogP contribution < -0.4 is 10.5 Å². The number of rotatable bonds is 6. The molecule has 1 aliphatic rings. The topological polar surface area (TPSA) is 115 Å². The van der Waals surface area contributed by atoms with Crippen molar-refractivity contribution in [3.63, 3.8) is 0 Å². The summed E-state index contributed by atoms with van der Waals surface area (Å²) in [6, 6.07) is 13.8. The van der Waals surface area contributed by atoms with E-state index in [1.54, 1.807) is 11.8 Å². The Bertz CT molecular complexity index is 1060. The van der Waals surface area contributed by atoms with Crippen LogP contribution in [0.25, 0.3) is 11.0 Å². The fourth-order valence-corrected chi connectivity index (χ4v) is 4.38. The average Bonchev–Trinajstić information content (AvgIpc) is 3.16. The van der Waals surface area contributed by atoms with Gasteiger partial charge in [-0.1, -0.05) is 23.9 Å². The number of ether oxygens (including phenoxy) is 1. The number of benzene rings is 2. The van der Waals surface area contributed by atoms with Gasteiger partial charge in [0.25, 0.3) is 0 Å². The van der Waals surface area contributed by atoms with Crippen molar-refractivity contribution >= 4 is 59.3 Å². The molecule has 10 heteroatoms. The number of nitrogens with one attached hydrogen (secondary N) is 3. The molecule has 0 amide bonds. The Morgan fingerprint density at radius 1 is 1.16 bits per heavy atom. The molecule has 0 spiro atoms. The van der Waals surface area contributed by atoms with Crippen LogP contribution in [0, 0.1) is 10.8 Å². The lowest BCUT2D eigenvalue weighted by Crippen LogP contribution is -2.40. The molecule has 3 aromatic rings. The number of aromatic nitrogens is 2. The maximum Gasteiger partial charge on any atom is 0.166 e. The van der Waals surface area contributed by atoms with Crippen LogP contribution in [-0.4, -0.2) is 45.7 Å². The lowest BCUT2D eigenvalue weighted by atomic mass is 10.1. The minimum absolute atomic E-state index is 0. The number of amidine groups is 2. The molecule has 0 aliphatic carbocycles. The van der Waals surface area contributed by atoms with Crippen LogP contribution in [0.1, 0.15) is 30.9 Å². The number of thioether (sulfide) groups is 1. The Hall–Kier alpha value is -2.42. The Labute approximate surface area is 204 Å². The molecule has 7 nitrogen and oxygen atoms in total. The summed E-state index contributed by atoms with van der Waals surface area (Å²) in [7, 11) is 0. The van der Waals surface area contributed by atoms with Gasteiger partial charge in [0.15, 0.2) is 5.16 Å². The van der Waals surface area contributed by atoms with Gasteiger partial charge < -0.3 is 20.4 Å². The van der Waals surface area contributed by atoms with Gasteiger partial charge in [-0.05, 0) is 42.8 Å². The number of aromatic amines is 1. The minimum atomic E-state index is 0. The Morgan fingerprint density at radius 2 is 1.84 bits per heavy atom. The molecule has 2 aromatic carbocycles. The molecular formula is C22H28Cl2N6OS. The summed E-state index contributed by atoms with van der Waals surface area (Å²) in [4.78, 5) is 9.98. The largest absolute Gasteiger partial charge is 0.490 e. The Kier molecular flexibility index (Phi) is 9.24. The van der Waals surface area contributed by atoms with Crippen LogP contribution in [-0.2, 0) is 5.75 Å². The third kappa shape index (κ3) is 6.31. The molecule has 1 fully saturated rings. The molecule has 0 atom stereocenters. The first-order valence-electron chi connectivity index (χ1n) is 10.0. The molecule has 0 unspecified atom stereocenters. The summed E-state index contributed by atoms with van der Waals surface area (Å²) in [5.74, 6) is 2.39. The number of fused-ring (bicyclic) bond motifs is 1.